The Bertz CT molecular complexity index is 642. The molecule has 1 unspecified atom stereocenters. The van der Waals surface area contributed by atoms with Gasteiger partial charge in [0.25, 0.3) is 5.91 Å². The third-order valence-corrected chi connectivity index (χ3v) is 5.78. The van der Waals surface area contributed by atoms with Crippen LogP contribution in [0.25, 0.3) is 0 Å². The molecule has 2 rings (SSSR count). The van der Waals surface area contributed by atoms with Crippen molar-refractivity contribution < 1.29 is 14.3 Å². The zero-order valence-corrected chi connectivity index (χ0v) is 17.8. The second-order valence-corrected chi connectivity index (χ2v) is 8.26. The fraction of sp³-hybridized carbons (Fsp3) is 0.579. The Labute approximate surface area is 172 Å². The van der Waals surface area contributed by atoms with Crippen LogP contribution in [0.15, 0.2) is 29.2 Å². The number of nitrogens with two attached hydrogens (primary N) is 1. The van der Waals surface area contributed by atoms with Crippen LogP contribution in [0.2, 0.25) is 0 Å². The fourth-order valence-electron chi connectivity index (χ4n) is 2.97. The van der Waals surface area contributed by atoms with Crippen molar-refractivity contribution in [3.8, 4) is 0 Å². The highest BCUT2D eigenvalue weighted by atomic mass is 35.5. The highest BCUT2D eigenvalue weighted by Gasteiger charge is 2.36. The van der Waals surface area contributed by atoms with Crippen molar-refractivity contribution in [3.05, 3.63) is 29.8 Å². The van der Waals surface area contributed by atoms with E-state index in [9.17, 15) is 9.59 Å². The van der Waals surface area contributed by atoms with E-state index in [2.05, 4.69) is 19.2 Å². The van der Waals surface area contributed by atoms with Gasteiger partial charge < -0.3 is 20.7 Å². The van der Waals surface area contributed by atoms with Gasteiger partial charge >= 0.3 is 0 Å². The molecule has 0 bridgehead atoms. The molecule has 1 aliphatic rings. The predicted molar refractivity (Wildman–Crippen MR) is 112 cm³/mol. The Hall–Kier alpha value is -1.28. The summed E-state index contributed by atoms with van der Waals surface area (Å²) in [6, 6.07) is 7.57. The molecule has 1 aliphatic heterocycles. The lowest BCUT2D eigenvalue weighted by Crippen LogP contribution is -2.54. The molecule has 0 aliphatic carbocycles. The molecule has 1 aromatic rings. The Morgan fingerprint density at radius 3 is 2.74 bits per heavy atom. The number of amides is 2. The number of nitrogens with zero attached hydrogens (tertiary/aromatic N) is 1. The predicted octanol–water partition coefficient (Wildman–Crippen LogP) is 2.16. The van der Waals surface area contributed by atoms with Crippen LogP contribution in [0, 0.1) is 5.41 Å². The molecule has 0 radical (unpaired) electrons. The maximum absolute atomic E-state index is 13.0. The van der Waals surface area contributed by atoms with E-state index < -0.39 is 0 Å². The van der Waals surface area contributed by atoms with Crippen LogP contribution in [0.4, 0.5) is 0 Å². The normalized spacial score (nSPS) is 18.5. The van der Waals surface area contributed by atoms with Crippen LogP contribution in [0.1, 0.15) is 30.6 Å². The van der Waals surface area contributed by atoms with E-state index in [0.29, 0.717) is 31.8 Å². The lowest BCUT2D eigenvalue weighted by molar-refractivity contribution is -0.118. The van der Waals surface area contributed by atoms with Gasteiger partial charge in [0.2, 0.25) is 5.91 Å². The van der Waals surface area contributed by atoms with E-state index in [4.69, 9.17) is 10.5 Å². The first-order valence-corrected chi connectivity index (χ1v) is 9.86. The first-order chi connectivity index (χ1) is 12.3. The summed E-state index contributed by atoms with van der Waals surface area (Å²) in [5, 5.41) is 2.79. The fourth-order valence-corrected chi connectivity index (χ4v) is 3.85. The summed E-state index contributed by atoms with van der Waals surface area (Å²) in [6.45, 7) is 6.48. The molecular weight excluding hydrogens is 386 g/mol. The van der Waals surface area contributed by atoms with Gasteiger partial charge in [-0.3, -0.25) is 9.59 Å². The molecule has 1 atom stereocenters. The average molecular weight is 416 g/mol. The molecule has 1 fully saturated rings. The Kier molecular flexibility index (Phi) is 9.59. The second kappa shape index (κ2) is 10.9. The first-order valence-electron chi connectivity index (χ1n) is 8.87. The van der Waals surface area contributed by atoms with E-state index in [-0.39, 0.29) is 41.4 Å². The van der Waals surface area contributed by atoms with E-state index in [0.717, 1.165) is 11.3 Å². The van der Waals surface area contributed by atoms with Crippen molar-refractivity contribution >= 4 is 36.0 Å². The van der Waals surface area contributed by atoms with Gasteiger partial charge in [-0.05, 0) is 24.0 Å². The summed E-state index contributed by atoms with van der Waals surface area (Å²) >= 11 is 1.38. The van der Waals surface area contributed by atoms with Crippen molar-refractivity contribution in [2.75, 3.05) is 39.1 Å². The number of piperidine rings is 1. The van der Waals surface area contributed by atoms with Crippen LogP contribution in [0.3, 0.4) is 0 Å². The number of carbonyl (C=O) groups is 2. The highest BCUT2D eigenvalue weighted by Crippen LogP contribution is 2.30. The summed E-state index contributed by atoms with van der Waals surface area (Å²) in [5.41, 5.74) is 6.73. The van der Waals surface area contributed by atoms with Crippen LogP contribution < -0.4 is 11.1 Å². The second-order valence-electron chi connectivity index (χ2n) is 7.24. The zero-order chi connectivity index (χ0) is 19.2. The van der Waals surface area contributed by atoms with Gasteiger partial charge in [-0.2, -0.15) is 0 Å². The lowest BCUT2D eigenvalue weighted by atomic mass is 9.79. The van der Waals surface area contributed by atoms with Crippen molar-refractivity contribution in [3.63, 3.8) is 0 Å². The lowest BCUT2D eigenvalue weighted by Gasteiger charge is -2.42. The Morgan fingerprint density at radius 1 is 1.37 bits per heavy atom. The van der Waals surface area contributed by atoms with Crippen molar-refractivity contribution in [2.45, 2.75) is 31.2 Å². The van der Waals surface area contributed by atoms with Gasteiger partial charge in [0.15, 0.2) is 0 Å². The molecule has 2 amide bonds. The van der Waals surface area contributed by atoms with Gasteiger partial charge in [0.05, 0.1) is 17.9 Å². The maximum Gasteiger partial charge on any atom is 0.255 e. The molecule has 1 aromatic carbocycles. The first kappa shape index (κ1) is 23.8. The van der Waals surface area contributed by atoms with Gasteiger partial charge in [-0.1, -0.05) is 26.0 Å². The summed E-state index contributed by atoms with van der Waals surface area (Å²) in [6.07, 6.45) is 0.802. The number of ether oxygens (including phenoxy) is 1. The molecular formula is C19H30ClN3O3S. The summed E-state index contributed by atoms with van der Waals surface area (Å²) in [4.78, 5) is 27.6. The van der Waals surface area contributed by atoms with E-state index in [1.807, 2.05) is 29.2 Å². The third kappa shape index (κ3) is 6.68. The minimum absolute atomic E-state index is 0. The van der Waals surface area contributed by atoms with Crippen molar-refractivity contribution in [1.29, 1.82) is 0 Å². The van der Waals surface area contributed by atoms with Gasteiger partial charge in [-0.25, -0.2) is 0 Å². The molecule has 0 spiro atoms. The SMILES string of the molecule is COCCNC(=O)CSc1ccccc1C(=O)N1CCC(N)C(C)(C)C1.Cl. The number of nitrogens with one attached hydrogen (secondary N) is 1. The number of hydrogen-bond acceptors (Lipinski definition) is 5. The third-order valence-electron chi connectivity index (χ3n) is 4.70. The molecule has 152 valence electrons. The van der Waals surface area contributed by atoms with Crippen molar-refractivity contribution in [2.24, 2.45) is 11.1 Å². The number of halogens is 1. The molecule has 1 saturated heterocycles. The molecule has 8 heteroatoms. The standard InChI is InChI=1S/C19H29N3O3S.ClH/c1-19(2)13-22(10-8-16(19)20)18(24)14-6-4-5-7-15(14)26-12-17(23)21-9-11-25-3;/h4-7,16H,8-13,20H2,1-3H3,(H,21,23);1H. The monoisotopic (exact) mass is 415 g/mol. The van der Waals surface area contributed by atoms with Crippen LogP contribution in [0.5, 0.6) is 0 Å². The van der Waals surface area contributed by atoms with Crippen LogP contribution in [-0.2, 0) is 9.53 Å². The largest absolute Gasteiger partial charge is 0.383 e. The van der Waals surface area contributed by atoms with E-state index in [1.54, 1.807) is 7.11 Å². The number of thioether (sulfide) groups is 1. The van der Waals surface area contributed by atoms with Gasteiger partial charge in [-0.15, -0.1) is 24.2 Å². The van der Waals surface area contributed by atoms with Crippen molar-refractivity contribution in [1.82, 2.24) is 10.2 Å². The topological polar surface area (TPSA) is 84.7 Å². The zero-order valence-electron chi connectivity index (χ0n) is 16.2. The molecule has 0 aromatic heterocycles. The number of benzene rings is 1. The number of hydrogen-bond donors (Lipinski definition) is 2. The van der Waals surface area contributed by atoms with Gasteiger partial charge in [0.1, 0.15) is 0 Å². The number of likely N-dealkylation sites (tertiary alicyclic amines) is 1. The number of rotatable bonds is 7. The number of carbonyl (C=O) groups excluding carboxylic acids is 2. The molecule has 6 nitrogen and oxygen atoms in total. The quantitative estimate of drug-likeness (QED) is 0.526. The van der Waals surface area contributed by atoms with E-state index in [1.165, 1.54) is 11.8 Å². The molecule has 0 saturated carbocycles. The van der Waals surface area contributed by atoms with Gasteiger partial charge in [0, 0.05) is 37.7 Å². The van der Waals surface area contributed by atoms with E-state index >= 15 is 0 Å². The van der Waals surface area contributed by atoms with Crippen LogP contribution >= 0.6 is 24.2 Å². The maximum atomic E-state index is 13.0. The molecule has 3 N–H and O–H groups in total. The Balaban J connectivity index is 0.00000364. The summed E-state index contributed by atoms with van der Waals surface area (Å²) in [5.74, 6) is 0.205. The Morgan fingerprint density at radius 2 is 2.07 bits per heavy atom. The smallest absolute Gasteiger partial charge is 0.255 e. The van der Waals surface area contributed by atoms with Crippen LogP contribution in [-0.4, -0.2) is 61.9 Å². The highest BCUT2D eigenvalue weighted by molar-refractivity contribution is 8.00. The minimum Gasteiger partial charge on any atom is -0.383 e. The molecule has 27 heavy (non-hydrogen) atoms. The average Bonchev–Trinajstić information content (AvgIpc) is 2.62. The summed E-state index contributed by atoms with van der Waals surface area (Å²) < 4.78 is 4.92. The number of methoxy groups -OCH3 is 1. The minimum atomic E-state index is -0.1000. The molecule has 1 heterocycles. The summed E-state index contributed by atoms with van der Waals surface area (Å²) in [7, 11) is 1.59.